The molecule has 4 rings (SSSR count). The van der Waals surface area contributed by atoms with E-state index < -0.39 is 49.9 Å². The predicted octanol–water partition coefficient (Wildman–Crippen LogP) is 3.01. The van der Waals surface area contributed by atoms with E-state index in [0.717, 1.165) is 5.56 Å². The molecule has 0 radical (unpaired) electrons. The molecule has 11 nitrogen and oxygen atoms in total. The van der Waals surface area contributed by atoms with E-state index in [1.54, 1.807) is 72.5 Å². The molecular weight excluding hydrogens is 570 g/mol. The Morgan fingerprint density at radius 3 is 1.93 bits per heavy atom. The van der Waals surface area contributed by atoms with Crippen molar-refractivity contribution in [2.75, 3.05) is 23.7 Å². The van der Waals surface area contributed by atoms with E-state index in [0.29, 0.717) is 15.7 Å². The van der Waals surface area contributed by atoms with Crippen molar-refractivity contribution in [2.45, 2.75) is 36.6 Å². The lowest BCUT2D eigenvalue weighted by molar-refractivity contribution is -0.138. The van der Waals surface area contributed by atoms with Crippen LogP contribution in [-0.4, -0.2) is 61.5 Å². The molecule has 218 valence electrons. The quantitative estimate of drug-likeness (QED) is 0.277. The molecule has 3 aromatic rings. The van der Waals surface area contributed by atoms with E-state index in [-0.39, 0.29) is 41.8 Å². The van der Waals surface area contributed by atoms with Gasteiger partial charge in [-0.25, -0.2) is 12.7 Å². The van der Waals surface area contributed by atoms with E-state index >= 15 is 0 Å². The number of aliphatic carboxylic acids is 1. The monoisotopic (exact) mass is 601 g/mol. The minimum absolute atomic E-state index is 0.0656. The third-order valence-electron chi connectivity index (χ3n) is 6.95. The summed E-state index contributed by atoms with van der Waals surface area (Å²) >= 11 is 0. The Morgan fingerprint density at radius 1 is 0.878 bits per heavy atom. The highest BCUT2D eigenvalue weighted by atomic mass is 32.2. The van der Waals surface area contributed by atoms with Gasteiger partial charge in [-0.05, 0) is 44.0 Å². The molecule has 1 aliphatic heterocycles. The molecule has 4 N–H and O–H groups in total. The maximum atomic E-state index is 14.5. The molecule has 0 saturated carbocycles. The lowest BCUT2D eigenvalue weighted by Gasteiger charge is -2.44. The van der Waals surface area contributed by atoms with Gasteiger partial charge in [0.15, 0.2) is 5.54 Å². The fraction of sp³-hybridized carbons (Fsp3) is 0.286. The van der Waals surface area contributed by atoms with E-state index in [4.69, 9.17) is 5.73 Å². The summed E-state index contributed by atoms with van der Waals surface area (Å²) in [6.07, 6.45) is -0.428. The number of sulfonamides is 1. The number of benzene rings is 3. The first kappa shape index (κ1) is 30.2. The Kier molecular flexibility index (Phi) is 8.54. The van der Waals surface area contributed by atoms with Crippen LogP contribution in [0.1, 0.15) is 36.0 Å². The number of carboxylic acid groups (broad SMARTS) is 1. The lowest BCUT2D eigenvalue weighted by atomic mass is 9.77. The van der Waals surface area contributed by atoms with Crippen LogP contribution in [0.15, 0.2) is 77.7 Å². The number of hydrogen-bond donors (Lipinski definition) is 3. The Labute approximate surface area is 239 Å². The molecule has 1 heterocycles. The fourth-order valence-corrected chi connectivity index (χ4v) is 6.94. The van der Waals surface area contributed by atoms with Crippen molar-refractivity contribution in [3.8, 4) is 0 Å². The smallest absolute Gasteiger partial charge is 0.303 e. The van der Waals surface area contributed by atoms with Crippen LogP contribution in [-0.2, 0) is 35.3 Å². The highest BCUT2D eigenvalue weighted by Crippen LogP contribution is 2.47. The Hall–Kier alpha value is -3.78. The maximum Gasteiger partial charge on any atom is 0.303 e. The number of anilines is 2. The molecule has 0 aliphatic carbocycles. The van der Waals surface area contributed by atoms with E-state index in [2.05, 4.69) is 0 Å². The Balaban J connectivity index is 1.85. The van der Waals surface area contributed by atoms with E-state index in [1.165, 1.54) is 12.1 Å². The third kappa shape index (κ3) is 6.12. The number of amides is 1. The molecule has 41 heavy (non-hydrogen) atoms. The highest BCUT2D eigenvalue weighted by Gasteiger charge is 2.50. The molecule has 0 unspecified atom stereocenters. The molecule has 0 spiro atoms. The van der Waals surface area contributed by atoms with Crippen LogP contribution >= 0.6 is 0 Å². The topological polar surface area (TPSA) is 175 Å². The molecule has 0 bridgehead atoms. The van der Waals surface area contributed by atoms with Gasteiger partial charge in [0.2, 0.25) is 0 Å². The number of para-hydroxylation sites is 2. The standard InChI is InChI=1S/C28H31N3O8S2/c1-20-13-15-21(16-14-20)41(38,39)31(18-6-12-26(32)33)27(34)28(29)22-8-2-4-10-24(22)30(17-7-19-40(35,36)37)25-11-5-3-9-23(25)28/h2-5,8-11,13-16H,6-7,12,17-19,29H2,1H3,(H,32,33)(H,35,36,37). The van der Waals surface area contributed by atoms with Crippen LogP contribution in [0.25, 0.3) is 0 Å². The molecule has 0 aromatic heterocycles. The zero-order valence-electron chi connectivity index (χ0n) is 22.3. The van der Waals surface area contributed by atoms with Crippen molar-refractivity contribution in [3.05, 3.63) is 89.5 Å². The predicted molar refractivity (Wildman–Crippen MR) is 153 cm³/mol. The number of carbonyl (C=O) groups is 2. The van der Waals surface area contributed by atoms with Gasteiger partial charge >= 0.3 is 5.97 Å². The van der Waals surface area contributed by atoms with Crippen molar-refractivity contribution >= 4 is 43.4 Å². The lowest BCUT2D eigenvalue weighted by Crippen LogP contribution is -2.57. The van der Waals surface area contributed by atoms with Gasteiger partial charge in [0.1, 0.15) is 0 Å². The van der Waals surface area contributed by atoms with Crippen LogP contribution < -0.4 is 10.6 Å². The van der Waals surface area contributed by atoms with Crippen LogP contribution in [0.2, 0.25) is 0 Å². The Bertz CT molecular complexity index is 1620. The molecule has 0 fully saturated rings. The molecule has 3 aromatic carbocycles. The molecule has 13 heteroatoms. The van der Waals surface area contributed by atoms with Gasteiger partial charge in [-0.15, -0.1) is 0 Å². The number of carbonyl (C=O) groups excluding carboxylic acids is 1. The summed E-state index contributed by atoms with van der Waals surface area (Å²) in [5.41, 5.74) is 7.32. The van der Waals surface area contributed by atoms with Gasteiger partial charge in [0.25, 0.3) is 26.0 Å². The first-order chi connectivity index (χ1) is 19.3. The molecule has 1 aliphatic rings. The summed E-state index contributed by atoms with van der Waals surface area (Å²) in [5.74, 6) is -2.57. The van der Waals surface area contributed by atoms with Gasteiger partial charge < -0.3 is 15.7 Å². The number of fused-ring (bicyclic) bond motifs is 2. The maximum absolute atomic E-state index is 14.5. The van der Waals surface area contributed by atoms with Crippen molar-refractivity contribution in [3.63, 3.8) is 0 Å². The summed E-state index contributed by atoms with van der Waals surface area (Å²) in [6.45, 7) is 1.53. The first-order valence-corrected chi connectivity index (χ1v) is 15.9. The first-order valence-electron chi connectivity index (χ1n) is 12.8. The second-order valence-electron chi connectivity index (χ2n) is 9.83. The van der Waals surface area contributed by atoms with E-state index in [1.807, 2.05) is 0 Å². The second-order valence-corrected chi connectivity index (χ2v) is 13.3. The normalized spacial score (nSPS) is 14.2. The molecule has 0 saturated heterocycles. The van der Waals surface area contributed by atoms with Crippen LogP contribution in [0, 0.1) is 6.92 Å². The van der Waals surface area contributed by atoms with Gasteiger partial charge in [0.05, 0.1) is 10.6 Å². The zero-order valence-corrected chi connectivity index (χ0v) is 23.9. The van der Waals surface area contributed by atoms with Crippen molar-refractivity contribution in [1.82, 2.24) is 4.31 Å². The zero-order chi connectivity index (χ0) is 30.0. The minimum atomic E-state index is -4.45. The summed E-state index contributed by atoms with van der Waals surface area (Å²) in [7, 11) is -8.66. The number of nitrogens with zero attached hydrogens (tertiary/aromatic N) is 2. The van der Waals surface area contributed by atoms with Gasteiger partial charge in [-0.3, -0.25) is 14.1 Å². The van der Waals surface area contributed by atoms with Crippen molar-refractivity contribution < 1.29 is 36.1 Å². The van der Waals surface area contributed by atoms with Gasteiger partial charge in [-0.1, -0.05) is 54.1 Å². The highest BCUT2D eigenvalue weighted by molar-refractivity contribution is 7.89. The van der Waals surface area contributed by atoms with Gasteiger partial charge in [0, 0.05) is 42.0 Å². The molecular formula is C28H31N3O8S2. The van der Waals surface area contributed by atoms with Crippen molar-refractivity contribution in [1.29, 1.82) is 0 Å². The number of carboxylic acids is 1. The average molecular weight is 602 g/mol. The minimum Gasteiger partial charge on any atom is -0.481 e. The molecule has 1 amide bonds. The van der Waals surface area contributed by atoms with E-state index in [9.17, 15) is 36.1 Å². The van der Waals surface area contributed by atoms with Crippen LogP contribution in [0.3, 0.4) is 0 Å². The summed E-state index contributed by atoms with van der Waals surface area (Å²) in [6, 6.07) is 19.3. The van der Waals surface area contributed by atoms with Crippen molar-refractivity contribution in [2.24, 2.45) is 5.73 Å². The van der Waals surface area contributed by atoms with Gasteiger partial charge in [-0.2, -0.15) is 8.42 Å². The largest absolute Gasteiger partial charge is 0.481 e. The SMILES string of the molecule is Cc1ccc(S(=O)(=O)N(CCCC(=O)O)C(=O)C2(N)c3ccccc3N(CCCS(=O)(=O)O)c3ccccc32)cc1. The summed E-state index contributed by atoms with van der Waals surface area (Å²) in [4.78, 5) is 27.4. The van der Waals surface area contributed by atoms with Crippen LogP contribution in [0.5, 0.6) is 0 Å². The third-order valence-corrected chi connectivity index (χ3v) is 9.55. The number of hydrogen-bond acceptors (Lipinski definition) is 8. The summed E-state index contributed by atoms with van der Waals surface area (Å²) in [5, 5.41) is 9.19. The number of aryl methyl sites for hydroxylation is 1. The summed E-state index contributed by atoms with van der Waals surface area (Å²) < 4.78 is 60.4. The average Bonchev–Trinajstić information content (AvgIpc) is 2.92. The number of rotatable bonds is 11. The van der Waals surface area contributed by atoms with Crippen LogP contribution in [0.4, 0.5) is 11.4 Å². The molecule has 0 atom stereocenters. The second kappa shape index (κ2) is 11.6. The number of nitrogens with two attached hydrogens (primary N) is 1. The Morgan fingerprint density at radius 2 is 1.41 bits per heavy atom. The fourth-order valence-electron chi connectivity index (χ4n) is 4.98.